The number of phenols is 1. The largest absolute Gasteiger partial charge is 0.505 e. The van der Waals surface area contributed by atoms with Crippen molar-refractivity contribution in [2.24, 2.45) is 0 Å². The van der Waals surface area contributed by atoms with Crippen molar-refractivity contribution in [3.63, 3.8) is 0 Å². The van der Waals surface area contributed by atoms with E-state index in [0.29, 0.717) is 6.54 Å². The number of hydrogen-bond donors (Lipinski definition) is 2. The molecule has 2 aromatic carbocycles. The SMILES string of the molecule is CCCc1ccc(NCc2ccc(O)c(F)c2)cc1. The van der Waals surface area contributed by atoms with E-state index < -0.39 is 5.82 Å². The van der Waals surface area contributed by atoms with Crippen molar-refractivity contribution in [1.29, 1.82) is 0 Å². The van der Waals surface area contributed by atoms with Gasteiger partial charge >= 0.3 is 0 Å². The summed E-state index contributed by atoms with van der Waals surface area (Å²) in [6, 6.07) is 12.7. The fraction of sp³-hybridized carbons (Fsp3) is 0.250. The molecule has 0 aliphatic rings. The van der Waals surface area contributed by atoms with Crippen LogP contribution in [0.25, 0.3) is 0 Å². The highest BCUT2D eigenvalue weighted by Crippen LogP contribution is 2.17. The van der Waals surface area contributed by atoms with Crippen LogP contribution in [0.2, 0.25) is 0 Å². The minimum atomic E-state index is -0.586. The highest BCUT2D eigenvalue weighted by Gasteiger charge is 2.01. The van der Waals surface area contributed by atoms with E-state index in [1.807, 2.05) is 12.1 Å². The van der Waals surface area contributed by atoms with Crippen molar-refractivity contribution in [2.45, 2.75) is 26.3 Å². The number of rotatable bonds is 5. The Morgan fingerprint density at radius 2 is 1.74 bits per heavy atom. The number of aryl methyl sites for hydroxylation is 1. The molecule has 0 aromatic heterocycles. The molecule has 3 heteroatoms. The number of halogens is 1. The van der Waals surface area contributed by atoms with E-state index >= 15 is 0 Å². The average Bonchev–Trinajstić information content (AvgIpc) is 2.42. The van der Waals surface area contributed by atoms with Crippen LogP contribution in [-0.2, 0) is 13.0 Å². The van der Waals surface area contributed by atoms with Crippen LogP contribution in [0.5, 0.6) is 5.75 Å². The predicted molar refractivity (Wildman–Crippen MR) is 75.8 cm³/mol. The topological polar surface area (TPSA) is 32.3 Å². The smallest absolute Gasteiger partial charge is 0.165 e. The number of phenolic OH excluding ortho intramolecular Hbond substituents is 1. The molecule has 0 bridgehead atoms. The van der Waals surface area contributed by atoms with Crippen LogP contribution in [0, 0.1) is 5.82 Å². The van der Waals surface area contributed by atoms with Gasteiger partial charge in [-0.2, -0.15) is 0 Å². The molecular formula is C16H18FNO. The molecule has 2 aromatic rings. The Hall–Kier alpha value is -2.03. The van der Waals surface area contributed by atoms with Crippen molar-refractivity contribution in [3.8, 4) is 5.75 Å². The normalized spacial score (nSPS) is 10.4. The lowest BCUT2D eigenvalue weighted by atomic mass is 10.1. The molecule has 0 radical (unpaired) electrons. The first-order valence-corrected chi connectivity index (χ1v) is 6.49. The molecule has 0 aliphatic heterocycles. The molecule has 0 fully saturated rings. The summed E-state index contributed by atoms with van der Waals surface area (Å²) in [6.45, 7) is 2.69. The zero-order chi connectivity index (χ0) is 13.7. The fourth-order valence-corrected chi connectivity index (χ4v) is 1.94. The van der Waals surface area contributed by atoms with Gasteiger partial charge in [-0.05, 0) is 41.8 Å². The van der Waals surface area contributed by atoms with Crippen molar-refractivity contribution in [2.75, 3.05) is 5.32 Å². The van der Waals surface area contributed by atoms with Gasteiger partial charge in [-0.25, -0.2) is 4.39 Å². The minimum Gasteiger partial charge on any atom is -0.505 e. The summed E-state index contributed by atoms with van der Waals surface area (Å²) >= 11 is 0. The maximum absolute atomic E-state index is 13.2. The molecule has 2 N–H and O–H groups in total. The highest BCUT2D eigenvalue weighted by atomic mass is 19.1. The van der Waals surface area contributed by atoms with E-state index in [1.165, 1.54) is 17.7 Å². The van der Waals surface area contributed by atoms with Crippen LogP contribution >= 0.6 is 0 Å². The van der Waals surface area contributed by atoms with Crippen LogP contribution in [-0.4, -0.2) is 5.11 Å². The lowest BCUT2D eigenvalue weighted by Crippen LogP contribution is -1.99. The van der Waals surface area contributed by atoms with Crippen LogP contribution in [0.4, 0.5) is 10.1 Å². The molecule has 2 nitrogen and oxygen atoms in total. The van der Waals surface area contributed by atoms with Crippen LogP contribution < -0.4 is 5.32 Å². The second-order valence-corrected chi connectivity index (χ2v) is 4.59. The number of nitrogens with one attached hydrogen (secondary N) is 1. The molecule has 0 saturated heterocycles. The molecule has 0 saturated carbocycles. The van der Waals surface area contributed by atoms with Gasteiger partial charge in [0.15, 0.2) is 11.6 Å². The third-order valence-electron chi connectivity index (χ3n) is 3.00. The molecule has 0 aliphatic carbocycles. The van der Waals surface area contributed by atoms with E-state index in [1.54, 1.807) is 6.07 Å². The van der Waals surface area contributed by atoms with Gasteiger partial charge in [0.05, 0.1) is 0 Å². The molecule has 100 valence electrons. The van der Waals surface area contributed by atoms with E-state index in [0.717, 1.165) is 24.1 Å². The van der Waals surface area contributed by atoms with E-state index in [9.17, 15) is 4.39 Å². The molecule has 0 atom stereocenters. The first kappa shape index (κ1) is 13.4. The lowest BCUT2D eigenvalue weighted by Gasteiger charge is -2.08. The van der Waals surface area contributed by atoms with Crippen molar-refractivity contribution >= 4 is 5.69 Å². The first-order chi connectivity index (χ1) is 9.19. The second kappa shape index (κ2) is 6.23. The van der Waals surface area contributed by atoms with Gasteiger partial charge in [-0.15, -0.1) is 0 Å². The van der Waals surface area contributed by atoms with Crippen molar-refractivity contribution < 1.29 is 9.50 Å². The molecular weight excluding hydrogens is 241 g/mol. The molecule has 0 amide bonds. The quantitative estimate of drug-likeness (QED) is 0.847. The van der Waals surface area contributed by atoms with Gasteiger partial charge in [0.25, 0.3) is 0 Å². The Morgan fingerprint density at radius 3 is 2.37 bits per heavy atom. The molecule has 0 heterocycles. The summed E-state index contributed by atoms with van der Waals surface area (Å²) in [4.78, 5) is 0. The minimum absolute atomic E-state index is 0.312. The van der Waals surface area contributed by atoms with Crippen molar-refractivity contribution in [3.05, 3.63) is 59.4 Å². The summed E-state index contributed by atoms with van der Waals surface area (Å²) in [5.74, 6) is -0.898. The summed E-state index contributed by atoms with van der Waals surface area (Å²) < 4.78 is 13.2. The highest BCUT2D eigenvalue weighted by molar-refractivity contribution is 5.45. The van der Waals surface area contributed by atoms with Crippen LogP contribution in [0.3, 0.4) is 0 Å². The van der Waals surface area contributed by atoms with E-state index in [-0.39, 0.29) is 5.75 Å². The van der Waals surface area contributed by atoms with Gasteiger partial charge in [0.1, 0.15) is 0 Å². The zero-order valence-electron chi connectivity index (χ0n) is 11.0. The lowest BCUT2D eigenvalue weighted by molar-refractivity contribution is 0.432. The zero-order valence-corrected chi connectivity index (χ0v) is 11.0. The van der Waals surface area contributed by atoms with Gasteiger partial charge in [0.2, 0.25) is 0 Å². The first-order valence-electron chi connectivity index (χ1n) is 6.49. The molecule has 0 spiro atoms. The fourth-order valence-electron chi connectivity index (χ4n) is 1.94. The Balaban J connectivity index is 1.96. The monoisotopic (exact) mass is 259 g/mol. The maximum atomic E-state index is 13.2. The summed E-state index contributed by atoms with van der Waals surface area (Å²) in [5, 5.41) is 12.3. The Bertz CT molecular complexity index is 537. The number of aromatic hydroxyl groups is 1. The number of anilines is 1. The third kappa shape index (κ3) is 3.71. The summed E-state index contributed by atoms with van der Waals surface area (Å²) in [5.41, 5.74) is 3.13. The van der Waals surface area contributed by atoms with Crippen LogP contribution in [0.1, 0.15) is 24.5 Å². The summed E-state index contributed by atoms with van der Waals surface area (Å²) in [7, 11) is 0. The van der Waals surface area contributed by atoms with Gasteiger partial charge in [-0.1, -0.05) is 31.5 Å². The van der Waals surface area contributed by atoms with E-state index in [4.69, 9.17) is 5.11 Å². The number of hydrogen-bond acceptors (Lipinski definition) is 2. The van der Waals surface area contributed by atoms with Gasteiger partial charge in [0, 0.05) is 12.2 Å². The molecule has 19 heavy (non-hydrogen) atoms. The van der Waals surface area contributed by atoms with Crippen LogP contribution in [0.15, 0.2) is 42.5 Å². The van der Waals surface area contributed by atoms with Gasteiger partial charge < -0.3 is 10.4 Å². The second-order valence-electron chi connectivity index (χ2n) is 4.59. The maximum Gasteiger partial charge on any atom is 0.165 e. The molecule has 0 unspecified atom stereocenters. The Labute approximate surface area is 112 Å². The predicted octanol–water partition coefficient (Wildman–Crippen LogP) is 4.10. The Kier molecular flexibility index (Phi) is 4.39. The third-order valence-corrected chi connectivity index (χ3v) is 3.00. The van der Waals surface area contributed by atoms with Crippen molar-refractivity contribution in [1.82, 2.24) is 0 Å². The number of benzene rings is 2. The summed E-state index contributed by atoms with van der Waals surface area (Å²) in [6.07, 6.45) is 2.23. The average molecular weight is 259 g/mol. The molecule has 2 rings (SSSR count). The van der Waals surface area contributed by atoms with E-state index in [2.05, 4.69) is 24.4 Å². The Morgan fingerprint density at radius 1 is 1.05 bits per heavy atom. The standard InChI is InChI=1S/C16H18FNO/c1-2-3-12-4-7-14(8-5-12)18-11-13-6-9-16(19)15(17)10-13/h4-10,18-19H,2-3,11H2,1H3. The van der Waals surface area contributed by atoms with Gasteiger partial charge in [-0.3, -0.25) is 0 Å².